The van der Waals surface area contributed by atoms with E-state index >= 15 is 0 Å². The fraction of sp³-hybridized carbons (Fsp3) is 0.333. The van der Waals surface area contributed by atoms with Crippen molar-refractivity contribution in [2.75, 3.05) is 13.2 Å². The van der Waals surface area contributed by atoms with Crippen LogP contribution >= 0.6 is 0 Å². The zero-order chi connectivity index (χ0) is 10.2. The summed E-state index contributed by atoms with van der Waals surface area (Å²) >= 11 is 0. The van der Waals surface area contributed by atoms with Crippen molar-refractivity contribution in [2.45, 2.75) is 12.8 Å². The number of aryl methyl sites for hydroxylation is 1. The molecule has 1 aromatic rings. The molecule has 14 heavy (non-hydrogen) atoms. The Hall–Kier alpha value is -1.12. The Labute approximate surface area is 84.5 Å². The fourth-order valence-corrected chi connectivity index (χ4v) is 1.27. The highest BCUT2D eigenvalue weighted by Crippen LogP contribution is 2.04. The number of hydrogen-bond donors (Lipinski definition) is 2. The summed E-state index contributed by atoms with van der Waals surface area (Å²) in [6.45, 7) is -0.101. The van der Waals surface area contributed by atoms with Crippen molar-refractivity contribution in [3.8, 4) is 0 Å². The SMILES string of the molecule is OCC(=CCCc1ccccc1)CO. The highest BCUT2D eigenvalue weighted by Gasteiger charge is 1.93. The molecule has 0 unspecified atom stereocenters. The third-order valence-electron chi connectivity index (χ3n) is 2.12. The van der Waals surface area contributed by atoms with Gasteiger partial charge in [-0.15, -0.1) is 0 Å². The molecule has 0 saturated carbocycles. The van der Waals surface area contributed by atoms with Crippen LogP contribution in [0.2, 0.25) is 0 Å². The van der Waals surface area contributed by atoms with Gasteiger partial charge < -0.3 is 10.2 Å². The van der Waals surface area contributed by atoms with Gasteiger partial charge in [-0.1, -0.05) is 36.4 Å². The van der Waals surface area contributed by atoms with Gasteiger partial charge in [0, 0.05) is 0 Å². The zero-order valence-electron chi connectivity index (χ0n) is 8.19. The predicted octanol–water partition coefficient (Wildman–Crippen LogP) is 1.53. The molecule has 76 valence electrons. The number of aliphatic hydroxyl groups is 2. The first-order valence-electron chi connectivity index (χ1n) is 4.80. The normalized spacial score (nSPS) is 9.86. The van der Waals surface area contributed by atoms with Crippen LogP contribution in [-0.4, -0.2) is 23.4 Å². The van der Waals surface area contributed by atoms with Gasteiger partial charge in [0.2, 0.25) is 0 Å². The molecule has 0 amide bonds. The van der Waals surface area contributed by atoms with E-state index in [2.05, 4.69) is 12.1 Å². The van der Waals surface area contributed by atoms with Crippen LogP contribution in [0.1, 0.15) is 12.0 Å². The van der Waals surface area contributed by atoms with Crippen LogP contribution in [0.5, 0.6) is 0 Å². The third kappa shape index (κ3) is 3.73. The molecule has 0 saturated heterocycles. The van der Waals surface area contributed by atoms with Gasteiger partial charge in [-0.05, 0) is 24.0 Å². The van der Waals surface area contributed by atoms with Gasteiger partial charge in [0.1, 0.15) is 0 Å². The lowest BCUT2D eigenvalue weighted by atomic mass is 10.1. The molecule has 2 N–H and O–H groups in total. The Balaban J connectivity index is 2.38. The lowest BCUT2D eigenvalue weighted by Gasteiger charge is -2.00. The van der Waals surface area contributed by atoms with Crippen LogP contribution in [0.15, 0.2) is 42.0 Å². The predicted molar refractivity (Wildman–Crippen MR) is 57.0 cm³/mol. The van der Waals surface area contributed by atoms with E-state index in [0.717, 1.165) is 12.8 Å². The summed E-state index contributed by atoms with van der Waals surface area (Å²) in [6.07, 6.45) is 3.71. The molecule has 2 nitrogen and oxygen atoms in total. The summed E-state index contributed by atoms with van der Waals surface area (Å²) in [5, 5.41) is 17.6. The van der Waals surface area contributed by atoms with Gasteiger partial charge in [0.05, 0.1) is 13.2 Å². The van der Waals surface area contributed by atoms with E-state index in [1.807, 2.05) is 24.3 Å². The second-order valence-corrected chi connectivity index (χ2v) is 3.20. The van der Waals surface area contributed by atoms with Crippen LogP contribution < -0.4 is 0 Å². The van der Waals surface area contributed by atoms with E-state index in [0.29, 0.717) is 5.57 Å². The second kappa shape index (κ2) is 6.35. The van der Waals surface area contributed by atoms with Gasteiger partial charge in [-0.3, -0.25) is 0 Å². The largest absolute Gasteiger partial charge is 0.392 e. The monoisotopic (exact) mass is 192 g/mol. The average Bonchev–Trinajstić information content (AvgIpc) is 2.26. The Morgan fingerprint density at radius 3 is 2.29 bits per heavy atom. The maximum atomic E-state index is 8.79. The minimum Gasteiger partial charge on any atom is -0.392 e. The number of allylic oxidation sites excluding steroid dienone is 1. The van der Waals surface area contributed by atoms with E-state index in [9.17, 15) is 0 Å². The highest BCUT2D eigenvalue weighted by atomic mass is 16.3. The molecule has 0 radical (unpaired) electrons. The molecule has 0 aliphatic rings. The zero-order valence-corrected chi connectivity index (χ0v) is 8.19. The molecular weight excluding hydrogens is 176 g/mol. The maximum Gasteiger partial charge on any atom is 0.0663 e. The lowest BCUT2D eigenvalue weighted by molar-refractivity contribution is 0.276. The second-order valence-electron chi connectivity index (χ2n) is 3.20. The smallest absolute Gasteiger partial charge is 0.0663 e. The molecule has 1 aromatic carbocycles. The quantitative estimate of drug-likeness (QED) is 0.694. The summed E-state index contributed by atoms with van der Waals surface area (Å²) in [5.41, 5.74) is 1.97. The van der Waals surface area contributed by atoms with E-state index < -0.39 is 0 Å². The van der Waals surface area contributed by atoms with E-state index in [4.69, 9.17) is 10.2 Å². The van der Waals surface area contributed by atoms with Crippen LogP contribution in [-0.2, 0) is 6.42 Å². The van der Waals surface area contributed by atoms with Gasteiger partial charge in [-0.25, -0.2) is 0 Å². The van der Waals surface area contributed by atoms with Crippen LogP contribution in [0.25, 0.3) is 0 Å². The van der Waals surface area contributed by atoms with Crippen molar-refractivity contribution >= 4 is 0 Å². The first-order chi connectivity index (χ1) is 6.86. The van der Waals surface area contributed by atoms with E-state index in [1.54, 1.807) is 0 Å². The summed E-state index contributed by atoms with van der Waals surface area (Å²) in [5.74, 6) is 0. The maximum absolute atomic E-state index is 8.79. The van der Waals surface area contributed by atoms with Gasteiger partial charge in [-0.2, -0.15) is 0 Å². The molecule has 0 heterocycles. The molecule has 0 bridgehead atoms. The molecule has 0 spiro atoms. The first-order valence-corrected chi connectivity index (χ1v) is 4.80. The number of rotatable bonds is 5. The Kier molecular flexibility index (Phi) is 4.97. The standard InChI is InChI=1S/C12H16O2/c13-9-12(10-14)8-4-7-11-5-2-1-3-6-11/h1-3,5-6,8,13-14H,4,7,9-10H2. The molecule has 0 aliphatic carbocycles. The minimum absolute atomic E-state index is 0.0503. The molecule has 2 heteroatoms. The molecule has 0 aliphatic heterocycles. The van der Waals surface area contributed by atoms with Gasteiger partial charge >= 0.3 is 0 Å². The average molecular weight is 192 g/mol. The van der Waals surface area contributed by atoms with Crippen molar-refractivity contribution < 1.29 is 10.2 Å². The Morgan fingerprint density at radius 1 is 1.07 bits per heavy atom. The summed E-state index contributed by atoms with van der Waals surface area (Å²) in [4.78, 5) is 0. The van der Waals surface area contributed by atoms with Crippen molar-refractivity contribution in [1.29, 1.82) is 0 Å². The molecule has 1 rings (SSSR count). The van der Waals surface area contributed by atoms with Gasteiger partial charge in [0.25, 0.3) is 0 Å². The first kappa shape index (κ1) is 11.0. The van der Waals surface area contributed by atoms with E-state index in [1.165, 1.54) is 5.56 Å². The van der Waals surface area contributed by atoms with Crippen LogP contribution in [0.4, 0.5) is 0 Å². The molecule has 0 aromatic heterocycles. The van der Waals surface area contributed by atoms with Crippen molar-refractivity contribution in [3.05, 3.63) is 47.5 Å². The summed E-state index contributed by atoms with van der Waals surface area (Å²) < 4.78 is 0. The minimum atomic E-state index is -0.0503. The van der Waals surface area contributed by atoms with Crippen molar-refractivity contribution in [2.24, 2.45) is 0 Å². The number of aliphatic hydroxyl groups excluding tert-OH is 2. The Bertz CT molecular complexity index is 272. The summed E-state index contributed by atoms with van der Waals surface area (Å²) in [6, 6.07) is 10.2. The topological polar surface area (TPSA) is 40.5 Å². The van der Waals surface area contributed by atoms with Crippen molar-refractivity contribution in [1.82, 2.24) is 0 Å². The molecule has 0 fully saturated rings. The summed E-state index contributed by atoms with van der Waals surface area (Å²) in [7, 11) is 0. The molecule has 0 atom stereocenters. The van der Waals surface area contributed by atoms with Crippen molar-refractivity contribution in [3.63, 3.8) is 0 Å². The Morgan fingerprint density at radius 2 is 1.71 bits per heavy atom. The van der Waals surface area contributed by atoms with Crippen LogP contribution in [0.3, 0.4) is 0 Å². The fourth-order valence-electron chi connectivity index (χ4n) is 1.27. The number of hydrogen-bond acceptors (Lipinski definition) is 2. The molecular formula is C12H16O2. The van der Waals surface area contributed by atoms with Crippen LogP contribution in [0, 0.1) is 0 Å². The lowest BCUT2D eigenvalue weighted by Crippen LogP contribution is -1.96. The van der Waals surface area contributed by atoms with Gasteiger partial charge in [0.15, 0.2) is 0 Å². The van der Waals surface area contributed by atoms with E-state index in [-0.39, 0.29) is 13.2 Å². The highest BCUT2D eigenvalue weighted by molar-refractivity contribution is 5.15. The third-order valence-corrected chi connectivity index (χ3v) is 2.12. The number of benzene rings is 1.